The average molecular weight is 160 g/mol. The third kappa shape index (κ3) is 5.35. The number of amides is 1. The van der Waals surface area contributed by atoms with Gasteiger partial charge in [0.1, 0.15) is 6.10 Å². The van der Waals surface area contributed by atoms with Crippen LogP contribution >= 0.6 is 0 Å². The zero-order valence-corrected chi connectivity index (χ0v) is 6.37. The van der Waals surface area contributed by atoms with Gasteiger partial charge in [-0.15, -0.1) is 0 Å². The van der Waals surface area contributed by atoms with Gasteiger partial charge in [-0.3, -0.25) is 9.59 Å². The summed E-state index contributed by atoms with van der Waals surface area (Å²) >= 11 is 0. The average Bonchev–Trinajstić information content (AvgIpc) is 1.85. The Morgan fingerprint density at radius 2 is 2.09 bits per heavy atom. The first-order chi connectivity index (χ1) is 5.06. The van der Waals surface area contributed by atoms with Crippen LogP contribution in [0, 0.1) is 0 Å². The molecule has 11 heavy (non-hydrogen) atoms. The van der Waals surface area contributed by atoms with Crippen LogP contribution in [0.15, 0.2) is 0 Å². The normalized spacial score (nSPS) is 12.2. The minimum absolute atomic E-state index is 0.0335. The van der Waals surface area contributed by atoms with Crippen molar-refractivity contribution in [1.29, 1.82) is 0 Å². The second-order valence-corrected chi connectivity index (χ2v) is 2.18. The molecule has 5 heteroatoms. The van der Waals surface area contributed by atoms with Crippen LogP contribution in [0.25, 0.3) is 0 Å². The van der Waals surface area contributed by atoms with E-state index in [1.54, 1.807) is 6.92 Å². The van der Waals surface area contributed by atoms with Crippen LogP contribution in [-0.2, 0) is 14.3 Å². The molecule has 0 saturated heterocycles. The summed E-state index contributed by atoms with van der Waals surface area (Å²) in [5.41, 5.74) is 9.81. The van der Waals surface area contributed by atoms with Crippen molar-refractivity contribution in [3.05, 3.63) is 0 Å². The number of rotatable bonds is 4. The standard InChI is InChI=1S/C6H12N2O3/c1-4(2-5(8)9)11-6(10)3-7/h4H,2-3,7H2,1H3,(H2,8,9). The third-order valence-electron chi connectivity index (χ3n) is 0.988. The highest BCUT2D eigenvalue weighted by Gasteiger charge is 2.09. The van der Waals surface area contributed by atoms with E-state index in [1.807, 2.05) is 0 Å². The number of hydrogen-bond acceptors (Lipinski definition) is 4. The summed E-state index contributed by atoms with van der Waals surface area (Å²) in [6.07, 6.45) is -0.449. The van der Waals surface area contributed by atoms with Crippen molar-refractivity contribution >= 4 is 11.9 Å². The molecule has 0 heterocycles. The van der Waals surface area contributed by atoms with Crippen molar-refractivity contribution in [3.8, 4) is 0 Å². The van der Waals surface area contributed by atoms with Gasteiger partial charge >= 0.3 is 5.97 Å². The summed E-state index contributed by atoms with van der Waals surface area (Å²) in [7, 11) is 0. The molecule has 4 N–H and O–H groups in total. The van der Waals surface area contributed by atoms with Crippen molar-refractivity contribution in [2.24, 2.45) is 11.5 Å². The van der Waals surface area contributed by atoms with E-state index in [0.29, 0.717) is 0 Å². The van der Waals surface area contributed by atoms with Crippen molar-refractivity contribution in [1.82, 2.24) is 0 Å². The van der Waals surface area contributed by atoms with Crippen LogP contribution in [-0.4, -0.2) is 24.5 Å². The van der Waals surface area contributed by atoms with Gasteiger partial charge in [0.15, 0.2) is 0 Å². The summed E-state index contributed by atoms with van der Waals surface area (Å²) in [5.74, 6) is -1.03. The molecule has 0 aromatic carbocycles. The number of esters is 1. The van der Waals surface area contributed by atoms with Crippen molar-refractivity contribution in [2.75, 3.05) is 6.54 Å². The van der Waals surface area contributed by atoms with Gasteiger partial charge in [0.25, 0.3) is 0 Å². The molecule has 0 spiro atoms. The lowest BCUT2D eigenvalue weighted by atomic mass is 10.3. The fraction of sp³-hybridized carbons (Fsp3) is 0.667. The molecule has 5 nitrogen and oxygen atoms in total. The highest BCUT2D eigenvalue weighted by molar-refractivity contribution is 5.75. The summed E-state index contributed by atoms with van der Waals surface area (Å²) in [4.78, 5) is 20.8. The molecule has 1 amide bonds. The predicted molar refractivity (Wildman–Crippen MR) is 38.4 cm³/mol. The minimum Gasteiger partial charge on any atom is -0.461 e. The van der Waals surface area contributed by atoms with Gasteiger partial charge in [-0.25, -0.2) is 0 Å². The first kappa shape index (κ1) is 9.90. The molecule has 0 radical (unpaired) electrons. The lowest BCUT2D eigenvalue weighted by molar-refractivity contribution is -0.147. The Labute approximate surface area is 64.7 Å². The molecule has 0 rings (SSSR count). The zero-order valence-electron chi connectivity index (χ0n) is 6.37. The monoisotopic (exact) mass is 160 g/mol. The highest BCUT2D eigenvalue weighted by atomic mass is 16.5. The Morgan fingerprint density at radius 3 is 2.45 bits per heavy atom. The number of primary amides is 1. The maximum absolute atomic E-state index is 10.5. The molecule has 0 saturated carbocycles. The number of carbonyl (C=O) groups is 2. The molecule has 0 fully saturated rings. The summed E-state index contributed by atoms with van der Waals surface area (Å²) in [6, 6.07) is 0. The molecule has 0 bridgehead atoms. The molecule has 0 aliphatic carbocycles. The quantitative estimate of drug-likeness (QED) is 0.502. The molecule has 0 aromatic heterocycles. The van der Waals surface area contributed by atoms with Gasteiger partial charge in [0.05, 0.1) is 13.0 Å². The topological polar surface area (TPSA) is 95.4 Å². The fourth-order valence-corrected chi connectivity index (χ4v) is 0.597. The second-order valence-electron chi connectivity index (χ2n) is 2.18. The molecule has 0 aromatic rings. The first-order valence-electron chi connectivity index (χ1n) is 3.24. The number of carbonyl (C=O) groups excluding carboxylic acids is 2. The Morgan fingerprint density at radius 1 is 1.55 bits per heavy atom. The van der Waals surface area contributed by atoms with Gasteiger partial charge < -0.3 is 16.2 Å². The van der Waals surface area contributed by atoms with E-state index in [0.717, 1.165) is 0 Å². The Bertz CT molecular complexity index is 158. The van der Waals surface area contributed by atoms with Crippen LogP contribution in [0.3, 0.4) is 0 Å². The summed E-state index contributed by atoms with van der Waals surface area (Å²) < 4.78 is 4.65. The Kier molecular flexibility index (Phi) is 4.21. The Balaban J connectivity index is 3.60. The van der Waals surface area contributed by atoms with E-state index in [9.17, 15) is 9.59 Å². The van der Waals surface area contributed by atoms with Crippen LogP contribution in [0.2, 0.25) is 0 Å². The second kappa shape index (κ2) is 4.68. The van der Waals surface area contributed by atoms with Crippen molar-refractivity contribution < 1.29 is 14.3 Å². The maximum Gasteiger partial charge on any atom is 0.319 e. The number of nitrogens with two attached hydrogens (primary N) is 2. The SMILES string of the molecule is CC(CC(N)=O)OC(=O)CN. The zero-order chi connectivity index (χ0) is 8.85. The van der Waals surface area contributed by atoms with E-state index in [4.69, 9.17) is 11.5 Å². The van der Waals surface area contributed by atoms with Gasteiger partial charge in [0, 0.05) is 0 Å². The highest BCUT2D eigenvalue weighted by Crippen LogP contribution is 1.95. The number of hydrogen-bond donors (Lipinski definition) is 2. The summed E-state index contributed by atoms with van der Waals surface area (Å²) in [5, 5.41) is 0. The van der Waals surface area contributed by atoms with Crippen molar-refractivity contribution in [3.63, 3.8) is 0 Å². The van der Waals surface area contributed by atoms with Crippen LogP contribution in [0.4, 0.5) is 0 Å². The minimum atomic E-state index is -0.529. The van der Waals surface area contributed by atoms with Crippen LogP contribution in [0.5, 0.6) is 0 Å². The molecule has 1 unspecified atom stereocenters. The lowest BCUT2D eigenvalue weighted by Gasteiger charge is -2.09. The molecular formula is C6H12N2O3. The molecule has 64 valence electrons. The van der Waals surface area contributed by atoms with Gasteiger partial charge in [0.2, 0.25) is 5.91 Å². The molecule has 0 aliphatic rings. The summed E-state index contributed by atoms with van der Waals surface area (Å²) in [6.45, 7) is 1.40. The van der Waals surface area contributed by atoms with Crippen molar-refractivity contribution in [2.45, 2.75) is 19.4 Å². The van der Waals surface area contributed by atoms with E-state index in [-0.39, 0.29) is 13.0 Å². The van der Waals surface area contributed by atoms with Crippen LogP contribution < -0.4 is 11.5 Å². The Hall–Kier alpha value is -1.10. The lowest BCUT2D eigenvalue weighted by Crippen LogP contribution is -2.26. The fourth-order valence-electron chi connectivity index (χ4n) is 0.597. The van der Waals surface area contributed by atoms with E-state index < -0.39 is 18.0 Å². The maximum atomic E-state index is 10.5. The van der Waals surface area contributed by atoms with E-state index >= 15 is 0 Å². The molecule has 0 aliphatic heterocycles. The predicted octanol–water partition coefficient (Wildman–Crippen LogP) is -1.25. The largest absolute Gasteiger partial charge is 0.461 e. The first-order valence-corrected chi connectivity index (χ1v) is 3.24. The van der Waals surface area contributed by atoms with E-state index in [1.165, 1.54) is 0 Å². The molecule has 1 atom stereocenters. The van der Waals surface area contributed by atoms with Gasteiger partial charge in [-0.1, -0.05) is 0 Å². The van der Waals surface area contributed by atoms with Crippen LogP contribution in [0.1, 0.15) is 13.3 Å². The van der Waals surface area contributed by atoms with Gasteiger partial charge in [-0.2, -0.15) is 0 Å². The van der Waals surface area contributed by atoms with Gasteiger partial charge in [-0.05, 0) is 6.92 Å². The van der Waals surface area contributed by atoms with E-state index in [2.05, 4.69) is 4.74 Å². The smallest absolute Gasteiger partial charge is 0.319 e. The third-order valence-corrected chi connectivity index (χ3v) is 0.988. The number of ether oxygens (including phenoxy) is 1. The molecular weight excluding hydrogens is 148 g/mol.